The molecule has 0 spiro atoms. The number of benzene rings is 1. The zero-order chi connectivity index (χ0) is 14.5. The highest BCUT2D eigenvalue weighted by atomic mass is 35.5. The van der Waals surface area contributed by atoms with Gasteiger partial charge in [-0.25, -0.2) is 0 Å². The van der Waals surface area contributed by atoms with E-state index in [1.807, 2.05) is 29.2 Å². The molecule has 0 saturated carbocycles. The Morgan fingerprint density at radius 3 is 2.62 bits per heavy atom. The first kappa shape index (κ1) is 17.8. The van der Waals surface area contributed by atoms with Gasteiger partial charge in [-0.15, -0.1) is 12.4 Å². The topological polar surface area (TPSA) is 41.6 Å². The van der Waals surface area contributed by atoms with Crippen molar-refractivity contribution >= 4 is 18.3 Å². The molecule has 0 radical (unpaired) electrons. The van der Waals surface area contributed by atoms with Crippen LogP contribution in [0.3, 0.4) is 0 Å². The van der Waals surface area contributed by atoms with Crippen molar-refractivity contribution in [3.8, 4) is 5.75 Å². The molecule has 0 aromatic heterocycles. The van der Waals surface area contributed by atoms with Gasteiger partial charge in [0.15, 0.2) is 0 Å². The molecule has 118 valence electrons. The number of rotatable bonds is 4. The minimum absolute atomic E-state index is 0. The Hall–Kier alpha value is -1.26. The lowest BCUT2D eigenvalue weighted by molar-refractivity contribution is 0.0673. The lowest BCUT2D eigenvalue weighted by atomic mass is 10.1. The van der Waals surface area contributed by atoms with Gasteiger partial charge < -0.3 is 15.0 Å². The molecule has 2 rings (SSSR count). The molecule has 1 aliphatic rings. The monoisotopic (exact) mass is 312 g/mol. The fraction of sp³-hybridized carbons (Fsp3) is 0.562. The van der Waals surface area contributed by atoms with Gasteiger partial charge in [0.05, 0.1) is 6.61 Å². The Labute approximate surface area is 133 Å². The third-order valence-electron chi connectivity index (χ3n) is 3.40. The van der Waals surface area contributed by atoms with Crippen LogP contribution in [-0.4, -0.2) is 42.6 Å². The second-order valence-corrected chi connectivity index (χ2v) is 5.56. The summed E-state index contributed by atoms with van der Waals surface area (Å²) in [7, 11) is 0. The largest absolute Gasteiger partial charge is 0.494 e. The predicted molar refractivity (Wildman–Crippen MR) is 87.4 cm³/mol. The first-order valence-corrected chi connectivity index (χ1v) is 7.38. The van der Waals surface area contributed by atoms with E-state index in [1.54, 1.807) is 0 Å². The van der Waals surface area contributed by atoms with Gasteiger partial charge >= 0.3 is 0 Å². The summed E-state index contributed by atoms with van der Waals surface area (Å²) in [4.78, 5) is 14.5. The lowest BCUT2D eigenvalue weighted by Crippen LogP contribution is -2.55. The van der Waals surface area contributed by atoms with E-state index in [4.69, 9.17) is 4.74 Å². The summed E-state index contributed by atoms with van der Waals surface area (Å²) < 4.78 is 5.59. The van der Waals surface area contributed by atoms with Crippen molar-refractivity contribution in [3.05, 3.63) is 29.8 Å². The second-order valence-electron chi connectivity index (χ2n) is 5.56. The van der Waals surface area contributed by atoms with Gasteiger partial charge in [0.1, 0.15) is 5.75 Å². The molecule has 1 N–H and O–H groups in total. The third-order valence-corrected chi connectivity index (χ3v) is 3.40. The summed E-state index contributed by atoms with van der Waals surface area (Å²) in [5, 5.41) is 3.44. The van der Waals surface area contributed by atoms with Gasteiger partial charge in [0.25, 0.3) is 5.91 Å². The third kappa shape index (κ3) is 4.90. The molecule has 2 atom stereocenters. The van der Waals surface area contributed by atoms with Crippen molar-refractivity contribution in [1.82, 2.24) is 10.2 Å². The van der Waals surface area contributed by atoms with Crippen molar-refractivity contribution in [2.24, 2.45) is 0 Å². The van der Waals surface area contributed by atoms with Gasteiger partial charge in [-0.1, -0.05) is 13.0 Å². The maximum atomic E-state index is 12.6. The minimum Gasteiger partial charge on any atom is -0.494 e. The van der Waals surface area contributed by atoms with E-state index >= 15 is 0 Å². The van der Waals surface area contributed by atoms with Gasteiger partial charge in [-0.2, -0.15) is 0 Å². The number of nitrogens with one attached hydrogen (secondary N) is 1. The normalized spacial score (nSPS) is 21.6. The van der Waals surface area contributed by atoms with E-state index in [1.165, 1.54) is 0 Å². The van der Waals surface area contributed by atoms with Crippen LogP contribution in [0.4, 0.5) is 0 Å². The molecule has 0 bridgehead atoms. The fourth-order valence-corrected chi connectivity index (χ4v) is 2.61. The van der Waals surface area contributed by atoms with Gasteiger partial charge in [0, 0.05) is 30.7 Å². The molecule has 4 nitrogen and oxygen atoms in total. The molecule has 2 unspecified atom stereocenters. The maximum Gasteiger partial charge on any atom is 0.254 e. The van der Waals surface area contributed by atoms with Gasteiger partial charge in [-0.05, 0) is 38.5 Å². The highest BCUT2D eigenvalue weighted by Crippen LogP contribution is 2.17. The average molecular weight is 313 g/mol. The molecule has 1 aromatic rings. The molecule has 0 aliphatic carbocycles. The molecule has 1 aromatic carbocycles. The summed E-state index contributed by atoms with van der Waals surface area (Å²) >= 11 is 0. The minimum atomic E-state index is 0. The quantitative estimate of drug-likeness (QED) is 0.929. The number of carbonyl (C=O) groups excluding carboxylic acids is 1. The molecule has 1 saturated heterocycles. The summed E-state index contributed by atoms with van der Waals surface area (Å²) in [6.07, 6.45) is 0.963. The number of carbonyl (C=O) groups is 1. The predicted octanol–water partition coefficient (Wildman–Crippen LogP) is 2.72. The summed E-state index contributed by atoms with van der Waals surface area (Å²) in [6.45, 7) is 8.47. The first-order valence-electron chi connectivity index (χ1n) is 7.38. The molecular weight excluding hydrogens is 288 g/mol. The number of piperazine rings is 1. The molecule has 5 heteroatoms. The molecule has 1 heterocycles. The van der Waals surface area contributed by atoms with Crippen LogP contribution in [0, 0.1) is 0 Å². The number of nitrogens with zero attached hydrogens (tertiary/aromatic N) is 1. The highest BCUT2D eigenvalue weighted by molar-refractivity contribution is 5.94. The van der Waals surface area contributed by atoms with Crippen LogP contribution in [-0.2, 0) is 0 Å². The second kappa shape index (κ2) is 8.25. The van der Waals surface area contributed by atoms with E-state index < -0.39 is 0 Å². The Balaban J connectivity index is 0.00000220. The van der Waals surface area contributed by atoms with E-state index in [-0.39, 0.29) is 18.3 Å². The highest BCUT2D eigenvalue weighted by Gasteiger charge is 2.25. The van der Waals surface area contributed by atoms with Crippen molar-refractivity contribution in [2.75, 3.05) is 19.7 Å². The van der Waals surface area contributed by atoms with Crippen LogP contribution < -0.4 is 10.1 Å². The smallest absolute Gasteiger partial charge is 0.254 e. The lowest BCUT2D eigenvalue weighted by Gasteiger charge is -2.36. The zero-order valence-electron chi connectivity index (χ0n) is 13.0. The summed E-state index contributed by atoms with van der Waals surface area (Å²) in [6, 6.07) is 8.15. The zero-order valence-corrected chi connectivity index (χ0v) is 13.8. The van der Waals surface area contributed by atoms with Crippen LogP contribution in [0.5, 0.6) is 5.75 Å². The summed E-state index contributed by atoms with van der Waals surface area (Å²) in [5.41, 5.74) is 0.708. The average Bonchev–Trinajstić information content (AvgIpc) is 2.43. The Kier molecular flexibility index (Phi) is 6.99. The van der Waals surface area contributed by atoms with E-state index in [2.05, 4.69) is 26.1 Å². The fourth-order valence-electron chi connectivity index (χ4n) is 2.61. The van der Waals surface area contributed by atoms with Crippen LogP contribution in [0.15, 0.2) is 24.3 Å². The van der Waals surface area contributed by atoms with E-state index in [0.29, 0.717) is 24.3 Å². The van der Waals surface area contributed by atoms with Crippen molar-refractivity contribution in [3.63, 3.8) is 0 Å². The van der Waals surface area contributed by atoms with Crippen LogP contribution >= 0.6 is 12.4 Å². The number of hydrogen-bond donors (Lipinski definition) is 1. The van der Waals surface area contributed by atoms with E-state index in [0.717, 1.165) is 25.3 Å². The van der Waals surface area contributed by atoms with Crippen LogP contribution in [0.1, 0.15) is 37.6 Å². The first-order chi connectivity index (χ1) is 9.60. The number of halogens is 1. The molecular formula is C16H25ClN2O2. The number of hydrogen-bond acceptors (Lipinski definition) is 3. The van der Waals surface area contributed by atoms with Crippen molar-refractivity contribution < 1.29 is 9.53 Å². The summed E-state index contributed by atoms with van der Waals surface area (Å²) in [5.74, 6) is 0.862. The van der Waals surface area contributed by atoms with Gasteiger partial charge in [-0.3, -0.25) is 4.79 Å². The molecule has 21 heavy (non-hydrogen) atoms. The Morgan fingerprint density at radius 1 is 1.33 bits per heavy atom. The Bertz CT molecular complexity index is 457. The van der Waals surface area contributed by atoms with Crippen LogP contribution in [0.25, 0.3) is 0 Å². The van der Waals surface area contributed by atoms with Gasteiger partial charge in [0.2, 0.25) is 0 Å². The van der Waals surface area contributed by atoms with E-state index in [9.17, 15) is 4.79 Å². The standard InChI is InChI=1S/C16H24N2O2.ClH/c1-4-8-20-15-7-5-6-14(9-15)16(19)18-10-12(2)17-13(3)11-18;/h5-7,9,12-13,17H,4,8,10-11H2,1-3H3;1H. The number of ether oxygens (including phenoxy) is 1. The van der Waals surface area contributed by atoms with Crippen LogP contribution in [0.2, 0.25) is 0 Å². The maximum absolute atomic E-state index is 12.6. The molecule has 1 fully saturated rings. The van der Waals surface area contributed by atoms with Crippen molar-refractivity contribution in [2.45, 2.75) is 39.3 Å². The van der Waals surface area contributed by atoms with Crippen molar-refractivity contribution in [1.29, 1.82) is 0 Å². The molecule has 1 aliphatic heterocycles. The molecule has 1 amide bonds. The number of amides is 1. The SMILES string of the molecule is CCCOc1cccc(C(=O)N2CC(C)NC(C)C2)c1.Cl. The Morgan fingerprint density at radius 2 is 2.00 bits per heavy atom.